The van der Waals surface area contributed by atoms with E-state index in [4.69, 9.17) is 4.74 Å². The fourth-order valence-corrected chi connectivity index (χ4v) is 4.88. The van der Waals surface area contributed by atoms with Crippen LogP contribution in [-0.4, -0.2) is 65.9 Å². The Morgan fingerprint density at radius 3 is 2.61 bits per heavy atom. The van der Waals surface area contributed by atoms with Crippen LogP contribution >= 0.6 is 0 Å². The van der Waals surface area contributed by atoms with E-state index in [1.165, 1.54) is 12.7 Å². The molecule has 176 valence electrons. The first-order valence-electron chi connectivity index (χ1n) is 12.0. The summed E-state index contributed by atoms with van der Waals surface area (Å²) in [7, 11) is 1.53. The average molecular weight is 451 g/mol. The van der Waals surface area contributed by atoms with Gasteiger partial charge in [-0.25, -0.2) is 4.98 Å². The van der Waals surface area contributed by atoms with Crippen LogP contribution in [-0.2, 0) is 11.3 Å². The van der Waals surface area contributed by atoms with Crippen molar-refractivity contribution in [2.75, 3.05) is 33.3 Å². The summed E-state index contributed by atoms with van der Waals surface area (Å²) >= 11 is 0. The van der Waals surface area contributed by atoms with E-state index < -0.39 is 0 Å². The standard InChI is InChI=1S/C26H34N4O3/c1-33-25-23(8-5-14-27-25)26(32)30-16-11-20(12-17-30)9-10-24(31)28-22-13-15-29(19-22)18-21-6-3-2-4-7-21/h2-8,14,20,22H,9-13,15-19H2,1H3,(H,28,31)/t22-/m0/s1. The second-order valence-corrected chi connectivity index (χ2v) is 9.11. The number of benzene rings is 1. The van der Waals surface area contributed by atoms with Crippen molar-refractivity contribution in [1.82, 2.24) is 20.1 Å². The fourth-order valence-electron chi connectivity index (χ4n) is 4.88. The first kappa shape index (κ1) is 23.2. The lowest BCUT2D eigenvalue weighted by Crippen LogP contribution is -2.39. The molecule has 33 heavy (non-hydrogen) atoms. The first-order chi connectivity index (χ1) is 16.1. The number of hydrogen-bond donors (Lipinski definition) is 1. The molecule has 0 unspecified atom stereocenters. The molecule has 0 bridgehead atoms. The van der Waals surface area contributed by atoms with Crippen molar-refractivity contribution in [3.63, 3.8) is 0 Å². The Balaban J connectivity index is 1.15. The van der Waals surface area contributed by atoms with Gasteiger partial charge in [0.25, 0.3) is 5.91 Å². The summed E-state index contributed by atoms with van der Waals surface area (Å²) in [6.07, 6.45) is 5.93. The van der Waals surface area contributed by atoms with Gasteiger partial charge in [0, 0.05) is 51.4 Å². The molecule has 2 fully saturated rings. The number of rotatable bonds is 8. The first-order valence-corrected chi connectivity index (χ1v) is 12.0. The summed E-state index contributed by atoms with van der Waals surface area (Å²) in [5, 5.41) is 3.23. The number of carbonyl (C=O) groups is 2. The fraction of sp³-hybridized carbons (Fsp3) is 0.500. The highest BCUT2D eigenvalue weighted by Crippen LogP contribution is 2.25. The molecule has 2 aromatic rings. The van der Waals surface area contributed by atoms with Gasteiger partial charge in [0.15, 0.2) is 0 Å². The molecule has 2 aliphatic rings. The molecule has 4 rings (SSSR count). The SMILES string of the molecule is COc1ncccc1C(=O)N1CCC(CCC(=O)N[C@H]2CCN(Cc3ccccc3)C2)CC1. The molecule has 0 radical (unpaired) electrons. The number of pyridine rings is 1. The summed E-state index contributed by atoms with van der Waals surface area (Å²) in [5.41, 5.74) is 1.83. The molecule has 0 saturated carbocycles. The van der Waals surface area contributed by atoms with Crippen LogP contribution in [0.2, 0.25) is 0 Å². The number of aromatic nitrogens is 1. The second-order valence-electron chi connectivity index (χ2n) is 9.11. The molecule has 2 amide bonds. The molecule has 0 spiro atoms. The lowest BCUT2D eigenvalue weighted by Gasteiger charge is -2.32. The Bertz CT molecular complexity index is 928. The zero-order chi connectivity index (χ0) is 23.0. The lowest BCUT2D eigenvalue weighted by atomic mass is 9.91. The molecule has 2 saturated heterocycles. The minimum atomic E-state index is -0.0302. The molecule has 1 aromatic carbocycles. The Hall–Kier alpha value is -2.93. The number of nitrogens with one attached hydrogen (secondary N) is 1. The molecular formula is C26H34N4O3. The van der Waals surface area contributed by atoms with E-state index in [0.717, 1.165) is 45.3 Å². The summed E-state index contributed by atoms with van der Waals surface area (Å²) in [6.45, 7) is 4.29. The Labute approximate surface area is 196 Å². The largest absolute Gasteiger partial charge is 0.480 e. The van der Waals surface area contributed by atoms with Gasteiger partial charge in [0.2, 0.25) is 11.8 Å². The molecule has 7 heteroatoms. The van der Waals surface area contributed by atoms with Crippen LogP contribution in [0.5, 0.6) is 5.88 Å². The third-order valence-electron chi connectivity index (χ3n) is 6.76. The maximum absolute atomic E-state index is 12.8. The van der Waals surface area contributed by atoms with Crippen molar-refractivity contribution in [2.45, 2.75) is 44.7 Å². The van der Waals surface area contributed by atoms with E-state index >= 15 is 0 Å². The smallest absolute Gasteiger partial charge is 0.259 e. The van der Waals surface area contributed by atoms with Gasteiger partial charge in [-0.3, -0.25) is 14.5 Å². The van der Waals surface area contributed by atoms with Gasteiger partial charge in [-0.1, -0.05) is 30.3 Å². The van der Waals surface area contributed by atoms with Gasteiger partial charge >= 0.3 is 0 Å². The van der Waals surface area contributed by atoms with E-state index in [0.29, 0.717) is 36.9 Å². The number of methoxy groups -OCH3 is 1. The zero-order valence-corrected chi connectivity index (χ0v) is 19.4. The number of piperidine rings is 1. The van der Waals surface area contributed by atoms with E-state index in [2.05, 4.69) is 39.5 Å². The topological polar surface area (TPSA) is 74.8 Å². The van der Waals surface area contributed by atoms with Crippen LogP contribution in [0.3, 0.4) is 0 Å². The molecule has 1 N–H and O–H groups in total. The molecule has 0 aliphatic carbocycles. The highest BCUT2D eigenvalue weighted by molar-refractivity contribution is 5.96. The number of ether oxygens (including phenoxy) is 1. The molecule has 1 aromatic heterocycles. The summed E-state index contributed by atoms with van der Waals surface area (Å²) in [5.74, 6) is 0.974. The van der Waals surface area contributed by atoms with E-state index in [1.54, 1.807) is 18.3 Å². The van der Waals surface area contributed by atoms with Crippen molar-refractivity contribution >= 4 is 11.8 Å². The third-order valence-corrected chi connectivity index (χ3v) is 6.76. The number of nitrogens with zero attached hydrogens (tertiary/aromatic N) is 3. The monoisotopic (exact) mass is 450 g/mol. The number of carbonyl (C=O) groups excluding carboxylic acids is 2. The highest BCUT2D eigenvalue weighted by atomic mass is 16.5. The van der Waals surface area contributed by atoms with Gasteiger partial charge in [0.1, 0.15) is 5.56 Å². The highest BCUT2D eigenvalue weighted by Gasteiger charge is 2.27. The average Bonchev–Trinajstić information content (AvgIpc) is 3.29. The van der Waals surface area contributed by atoms with Crippen molar-refractivity contribution < 1.29 is 14.3 Å². The number of likely N-dealkylation sites (tertiary alicyclic amines) is 2. The van der Waals surface area contributed by atoms with Gasteiger partial charge in [-0.2, -0.15) is 0 Å². The van der Waals surface area contributed by atoms with Crippen LogP contribution in [0.4, 0.5) is 0 Å². The Morgan fingerprint density at radius 1 is 1.06 bits per heavy atom. The van der Waals surface area contributed by atoms with Gasteiger partial charge in [-0.05, 0) is 49.3 Å². The number of amides is 2. The Kier molecular flexibility index (Phi) is 7.94. The van der Waals surface area contributed by atoms with Crippen molar-refractivity contribution in [2.24, 2.45) is 5.92 Å². The molecule has 1 atom stereocenters. The molecular weight excluding hydrogens is 416 g/mol. The normalized spacial score (nSPS) is 19.4. The minimum Gasteiger partial charge on any atom is -0.480 e. The van der Waals surface area contributed by atoms with E-state index in [9.17, 15) is 9.59 Å². The van der Waals surface area contributed by atoms with Crippen molar-refractivity contribution in [1.29, 1.82) is 0 Å². The summed E-state index contributed by atoms with van der Waals surface area (Å²) < 4.78 is 5.23. The summed E-state index contributed by atoms with van der Waals surface area (Å²) in [4.78, 5) is 33.8. The quantitative estimate of drug-likeness (QED) is 0.669. The molecule has 2 aliphatic heterocycles. The van der Waals surface area contributed by atoms with Crippen LogP contribution in [0.15, 0.2) is 48.7 Å². The van der Waals surface area contributed by atoms with Gasteiger partial charge in [0.05, 0.1) is 7.11 Å². The minimum absolute atomic E-state index is 0.0302. The summed E-state index contributed by atoms with van der Waals surface area (Å²) in [6, 6.07) is 14.2. The maximum Gasteiger partial charge on any atom is 0.259 e. The predicted molar refractivity (Wildman–Crippen MR) is 127 cm³/mol. The van der Waals surface area contributed by atoms with Crippen molar-refractivity contribution in [3.05, 3.63) is 59.8 Å². The zero-order valence-electron chi connectivity index (χ0n) is 19.4. The lowest BCUT2D eigenvalue weighted by molar-refractivity contribution is -0.122. The third kappa shape index (κ3) is 6.32. The van der Waals surface area contributed by atoms with Crippen LogP contribution in [0.1, 0.15) is 48.0 Å². The van der Waals surface area contributed by atoms with Crippen LogP contribution < -0.4 is 10.1 Å². The maximum atomic E-state index is 12.8. The van der Waals surface area contributed by atoms with Gasteiger partial charge in [-0.15, -0.1) is 0 Å². The van der Waals surface area contributed by atoms with E-state index in [-0.39, 0.29) is 17.9 Å². The second kappa shape index (κ2) is 11.3. The van der Waals surface area contributed by atoms with Gasteiger partial charge < -0.3 is 15.0 Å². The van der Waals surface area contributed by atoms with Crippen LogP contribution in [0.25, 0.3) is 0 Å². The molecule has 7 nitrogen and oxygen atoms in total. The Morgan fingerprint density at radius 2 is 1.85 bits per heavy atom. The predicted octanol–water partition coefficient (Wildman–Crippen LogP) is 3.11. The van der Waals surface area contributed by atoms with Crippen LogP contribution in [0, 0.1) is 5.92 Å². The number of hydrogen-bond acceptors (Lipinski definition) is 5. The van der Waals surface area contributed by atoms with E-state index in [1.807, 2.05) is 11.0 Å². The van der Waals surface area contributed by atoms with Crippen molar-refractivity contribution in [3.8, 4) is 5.88 Å². The molecule has 3 heterocycles.